The largest absolute Gasteiger partial charge is 0.369 e. The van der Waals surface area contributed by atoms with Crippen molar-refractivity contribution in [2.45, 2.75) is 6.23 Å². The van der Waals surface area contributed by atoms with Crippen LogP contribution in [0.1, 0.15) is 32.5 Å². The number of nitrogens with zero attached hydrogens (tertiary/aromatic N) is 1. The Morgan fingerprint density at radius 3 is 2.32 bits per heavy atom. The van der Waals surface area contributed by atoms with Crippen molar-refractivity contribution in [3.8, 4) is 0 Å². The van der Waals surface area contributed by atoms with E-state index in [4.69, 9.17) is 0 Å². The standard InChI is InChI=1S/C15H11NO3/c17-13(10-6-2-1-3-7-10)16-14(18)11-8-4-5-9-12(11)15(16)19/h1-9,14,18H. The van der Waals surface area contributed by atoms with Gasteiger partial charge in [-0.05, 0) is 18.2 Å². The van der Waals surface area contributed by atoms with Crippen LogP contribution < -0.4 is 0 Å². The van der Waals surface area contributed by atoms with Crippen LogP contribution >= 0.6 is 0 Å². The van der Waals surface area contributed by atoms with Gasteiger partial charge in [-0.25, -0.2) is 4.90 Å². The van der Waals surface area contributed by atoms with Crippen molar-refractivity contribution >= 4 is 11.8 Å². The van der Waals surface area contributed by atoms with E-state index in [-0.39, 0.29) is 0 Å². The first-order chi connectivity index (χ1) is 9.20. The zero-order valence-electron chi connectivity index (χ0n) is 9.98. The van der Waals surface area contributed by atoms with Crippen LogP contribution in [0.3, 0.4) is 0 Å². The summed E-state index contributed by atoms with van der Waals surface area (Å²) in [6, 6.07) is 15.1. The van der Waals surface area contributed by atoms with Crippen LogP contribution in [-0.2, 0) is 0 Å². The third kappa shape index (κ3) is 1.73. The highest BCUT2D eigenvalue weighted by Crippen LogP contribution is 2.32. The fraction of sp³-hybridized carbons (Fsp3) is 0.0667. The predicted octanol–water partition coefficient (Wildman–Crippen LogP) is 1.97. The second-order valence-corrected chi connectivity index (χ2v) is 4.31. The lowest BCUT2D eigenvalue weighted by molar-refractivity contribution is 0.0176. The normalized spacial score (nSPS) is 17.4. The molecule has 0 radical (unpaired) electrons. The second kappa shape index (κ2) is 4.33. The molecule has 94 valence electrons. The molecule has 0 saturated heterocycles. The van der Waals surface area contributed by atoms with Crippen molar-refractivity contribution in [2.75, 3.05) is 0 Å². The van der Waals surface area contributed by atoms with Crippen molar-refractivity contribution in [1.29, 1.82) is 0 Å². The molecule has 0 aromatic heterocycles. The Balaban J connectivity index is 2.01. The summed E-state index contributed by atoms with van der Waals surface area (Å²) in [6.45, 7) is 0. The van der Waals surface area contributed by atoms with E-state index in [1.165, 1.54) is 0 Å². The summed E-state index contributed by atoms with van der Waals surface area (Å²) in [7, 11) is 0. The first-order valence-electron chi connectivity index (χ1n) is 5.90. The molecule has 0 fully saturated rings. The van der Waals surface area contributed by atoms with Gasteiger partial charge in [-0.3, -0.25) is 9.59 Å². The molecule has 0 spiro atoms. The summed E-state index contributed by atoms with van der Waals surface area (Å²) < 4.78 is 0. The Bertz CT molecular complexity index is 651. The molecule has 1 aliphatic rings. The first kappa shape index (κ1) is 11.6. The van der Waals surface area contributed by atoms with Gasteiger partial charge in [0.2, 0.25) is 0 Å². The van der Waals surface area contributed by atoms with E-state index in [2.05, 4.69) is 0 Å². The predicted molar refractivity (Wildman–Crippen MR) is 68.3 cm³/mol. The van der Waals surface area contributed by atoms with Crippen molar-refractivity contribution < 1.29 is 14.7 Å². The van der Waals surface area contributed by atoms with Crippen molar-refractivity contribution in [3.05, 3.63) is 71.3 Å². The van der Waals surface area contributed by atoms with Gasteiger partial charge in [0.1, 0.15) is 0 Å². The number of carbonyl (C=O) groups is 2. The number of carbonyl (C=O) groups excluding carboxylic acids is 2. The zero-order chi connectivity index (χ0) is 13.4. The minimum absolute atomic E-state index is 0.374. The molecule has 1 heterocycles. The maximum Gasteiger partial charge on any atom is 0.263 e. The van der Waals surface area contributed by atoms with Gasteiger partial charge in [0.15, 0.2) is 6.23 Å². The van der Waals surface area contributed by atoms with Crippen LogP contribution in [0.5, 0.6) is 0 Å². The van der Waals surface area contributed by atoms with Gasteiger partial charge in [0.25, 0.3) is 11.8 Å². The van der Waals surface area contributed by atoms with Crippen LogP contribution in [-0.4, -0.2) is 21.8 Å². The van der Waals surface area contributed by atoms with Gasteiger partial charge in [0.05, 0.1) is 0 Å². The number of fused-ring (bicyclic) bond motifs is 1. The fourth-order valence-corrected chi connectivity index (χ4v) is 2.22. The molecule has 0 saturated carbocycles. The molecule has 1 aliphatic heterocycles. The minimum atomic E-state index is -1.21. The lowest BCUT2D eigenvalue weighted by Gasteiger charge is -2.18. The van der Waals surface area contributed by atoms with Gasteiger partial charge < -0.3 is 5.11 Å². The van der Waals surface area contributed by atoms with Gasteiger partial charge in [-0.1, -0.05) is 36.4 Å². The van der Waals surface area contributed by atoms with Gasteiger partial charge in [0, 0.05) is 16.7 Å². The van der Waals surface area contributed by atoms with Crippen molar-refractivity contribution in [1.82, 2.24) is 4.90 Å². The number of rotatable bonds is 1. The summed E-state index contributed by atoms with van der Waals surface area (Å²) in [6.07, 6.45) is -1.21. The van der Waals surface area contributed by atoms with Crippen molar-refractivity contribution in [3.63, 3.8) is 0 Å². The van der Waals surface area contributed by atoms with Crippen LogP contribution in [0, 0.1) is 0 Å². The molecule has 1 N–H and O–H groups in total. The zero-order valence-corrected chi connectivity index (χ0v) is 9.98. The Kier molecular flexibility index (Phi) is 2.65. The molecule has 2 aromatic carbocycles. The number of imide groups is 1. The first-order valence-corrected chi connectivity index (χ1v) is 5.90. The summed E-state index contributed by atoms with van der Waals surface area (Å²) in [5.74, 6) is -0.953. The van der Waals surface area contributed by atoms with E-state index in [0.29, 0.717) is 16.7 Å². The summed E-state index contributed by atoms with van der Waals surface area (Å²) in [5, 5.41) is 10.1. The highest BCUT2D eigenvalue weighted by atomic mass is 16.3. The molecule has 1 unspecified atom stereocenters. The molecule has 4 nitrogen and oxygen atoms in total. The molecule has 19 heavy (non-hydrogen) atoms. The highest BCUT2D eigenvalue weighted by molar-refractivity contribution is 6.13. The van der Waals surface area contributed by atoms with Crippen molar-refractivity contribution in [2.24, 2.45) is 0 Å². The Hall–Kier alpha value is -2.46. The van der Waals surface area contributed by atoms with E-state index < -0.39 is 18.0 Å². The molecule has 0 aliphatic carbocycles. The van der Waals surface area contributed by atoms with Crippen LogP contribution in [0.25, 0.3) is 0 Å². The maximum atomic E-state index is 12.3. The number of aliphatic hydroxyl groups excluding tert-OH is 1. The molecular formula is C15H11NO3. The van der Waals surface area contributed by atoms with E-state index in [9.17, 15) is 14.7 Å². The van der Waals surface area contributed by atoms with Gasteiger partial charge in [-0.2, -0.15) is 0 Å². The minimum Gasteiger partial charge on any atom is -0.369 e. The molecule has 0 bridgehead atoms. The smallest absolute Gasteiger partial charge is 0.263 e. The average Bonchev–Trinajstić information content (AvgIpc) is 2.72. The molecule has 4 heteroatoms. The van der Waals surface area contributed by atoms with Gasteiger partial charge in [-0.15, -0.1) is 0 Å². The van der Waals surface area contributed by atoms with Crippen LogP contribution in [0.4, 0.5) is 0 Å². The number of hydrogen-bond acceptors (Lipinski definition) is 3. The summed E-state index contributed by atoms with van der Waals surface area (Å²) in [4.78, 5) is 25.3. The van der Waals surface area contributed by atoms with E-state index in [0.717, 1.165) is 4.90 Å². The Morgan fingerprint density at radius 2 is 1.63 bits per heavy atom. The summed E-state index contributed by atoms with van der Waals surface area (Å²) in [5.41, 5.74) is 1.22. The number of amides is 2. The molecule has 3 rings (SSSR count). The topological polar surface area (TPSA) is 57.6 Å². The lowest BCUT2D eigenvalue weighted by Crippen LogP contribution is -2.34. The molecule has 2 aromatic rings. The fourth-order valence-electron chi connectivity index (χ4n) is 2.22. The average molecular weight is 253 g/mol. The lowest BCUT2D eigenvalue weighted by atomic mass is 10.1. The van der Waals surface area contributed by atoms with E-state index in [1.807, 2.05) is 0 Å². The number of benzene rings is 2. The Morgan fingerprint density at radius 1 is 1.00 bits per heavy atom. The quantitative estimate of drug-likeness (QED) is 0.790. The third-order valence-electron chi connectivity index (χ3n) is 3.17. The molecule has 2 amide bonds. The highest BCUT2D eigenvalue weighted by Gasteiger charge is 2.39. The summed E-state index contributed by atoms with van der Waals surface area (Å²) >= 11 is 0. The third-order valence-corrected chi connectivity index (χ3v) is 3.17. The van der Waals surface area contributed by atoms with E-state index in [1.54, 1.807) is 54.6 Å². The Labute approximate surface area is 109 Å². The monoisotopic (exact) mass is 253 g/mol. The second-order valence-electron chi connectivity index (χ2n) is 4.31. The molecular weight excluding hydrogens is 242 g/mol. The van der Waals surface area contributed by atoms with Crippen LogP contribution in [0.15, 0.2) is 54.6 Å². The molecule has 1 atom stereocenters. The van der Waals surface area contributed by atoms with Crippen LogP contribution in [0.2, 0.25) is 0 Å². The SMILES string of the molecule is O=C(c1ccccc1)N1C(=O)c2ccccc2C1O. The van der Waals surface area contributed by atoms with E-state index >= 15 is 0 Å². The maximum absolute atomic E-state index is 12.3. The number of hydrogen-bond donors (Lipinski definition) is 1. The van der Waals surface area contributed by atoms with Gasteiger partial charge >= 0.3 is 0 Å². The number of aliphatic hydroxyl groups is 1.